The second kappa shape index (κ2) is 4.31. The van der Waals surface area contributed by atoms with Gasteiger partial charge in [0.15, 0.2) is 28.3 Å². The maximum absolute atomic E-state index is 12.0. The van der Waals surface area contributed by atoms with E-state index in [1.165, 1.54) is 30.3 Å². The quantitative estimate of drug-likeness (QED) is 0.591. The van der Waals surface area contributed by atoms with Gasteiger partial charge < -0.3 is 19.7 Å². The Balaban J connectivity index is 2.29. The van der Waals surface area contributed by atoms with Crippen molar-refractivity contribution in [1.82, 2.24) is 0 Å². The summed E-state index contributed by atoms with van der Waals surface area (Å²) in [7, 11) is 0. The fraction of sp³-hybridized carbons (Fsp3) is 0. The molecule has 0 aliphatic carbocycles. The molecule has 100 valence electrons. The first-order valence-corrected chi connectivity index (χ1v) is 5.84. The lowest BCUT2D eigenvalue weighted by Crippen LogP contribution is -2.00. The minimum atomic E-state index is -0.317. The van der Waals surface area contributed by atoms with Crippen LogP contribution in [0, 0.1) is 0 Å². The van der Waals surface area contributed by atoms with Crippen LogP contribution in [0.15, 0.2) is 51.7 Å². The van der Waals surface area contributed by atoms with E-state index < -0.39 is 0 Å². The summed E-state index contributed by atoms with van der Waals surface area (Å²) < 4.78 is 5.51. The molecular weight excluding hydrogens is 260 g/mol. The monoisotopic (exact) mass is 270 g/mol. The number of benzene rings is 2. The Bertz CT molecular complexity index is 864. The molecule has 5 heteroatoms. The Labute approximate surface area is 113 Å². The van der Waals surface area contributed by atoms with E-state index in [9.17, 15) is 20.1 Å². The zero-order valence-electron chi connectivity index (χ0n) is 10.2. The average Bonchev–Trinajstić information content (AvgIpc) is 2.43. The van der Waals surface area contributed by atoms with Crippen LogP contribution in [0.2, 0.25) is 0 Å². The van der Waals surface area contributed by atoms with Gasteiger partial charge >= 0.3 is 0 Å². The van der Waals surface area contributed by atoms with Gasteiger partial charge in [0.05, 0.1) is 5.39 Å². The smallest absolute Gasteiger partial charge is 0.193 e. The Morgan fingerprint density at radius 2 is 1.65 bits per heavy atom. The first-order chi connectivity index (χ1) is 9.56. The van der Waals surface area contributed by atoms with Crippen LogP contribution in [0.1, 0.15) is 0 Å². The van der Waals surface area contributed by atoms with Gasteiger partial charge in [0.2, 0.25) is 0 Å². The molecular formula is C15H10O5. The van der Waals surface area contributed by atoms with Crippen molar-refractivity contribution >= 4 is 11.0 Å². The summed E-state index contributed by atoms with van der Waals surface area (Å²) in [5, 5.41) is 28.8. The van der Waals surface area contributed by atoms with Crippen LogP contribution in [-0.2, 0) is 0 Å². The lowest BCUT2D eigenvalue weighted by Gasteiger charge is -2.05. The van der Waals surface area contributed by atoms with Crippen molar-refractivity contribution < 1.29 is 19.7 Å². The van der Waals surface area contributed by atoms with Crippen molar-refractivity contribution in [3.63, 3.8) is 0 Å². The van der Waals surface area contributed by atoms with Gasteiger partial charge in [-0.25, -0.2) is 0 Å². The summed E-state index contributed by atoms with van der Waals surface area (Å²) in [5.74, 6) is -0.522. The van der Waals surface area contributed by atoms with Crippen LogP contribution in [0.3, 0.4) is 0 Å². The molecule has 1 aromatic heterocycles. The van der Waals surface area contributed by atoms with Crippen molar-refractivity contribution in [2.75, 3.05) is 0 Å². The SMILES string of the molecule is O=c1cc(-c2ccc(O)c(O)c2)oc2c(O)cccc12. The molecule has 3 aromatic rings. The van der Waals surface area contributed by atoms with Gasteiger partial charge in [-0.15, -0.1) is 0 Å². The summed E-state index contributed by atoms with van der Waals surface area (Å²) in [4.78, 5) is 12.0. The highest BCUT2D eigenvalue weighted by Crippen LogP contribution is 2.32. The normalized spacial score (nSPS) is 10.8. The summed E-state index contributed by atoms with van der Waals surface area (Å²) in [6.07, 6.45) is 0. The third-order valence-electron chi connectivity index (χ3n) is 2.99. The third kappa shape index (κ3) is 1.85. The Morgan fingerprint density at radius 1 is 0.850 bits per heavy atom. The van der Waals surface area contributed by atoms with Gasteiger partial charge in [0, 0.05) is 11.6 Å². The van der Waals surface area contributed by atoms with E-state index in [1.54, 1.807) is 12.1 Å². The fourth-order valence-corrected chi connectivity index (χ4v) is 1.98. The van der Waals surface area contributed by atoms with E-state index >= 15 is 0 Å². The molecule has 2 aromatic carbocycles. The minimum absolute atomic E-state index is 0.0857. The number of hydrogen-bond donors (Lipinski definition) is 3. The molecule has 0 radical (unpaired) electrons. The molecule has 0 atom stereocenters. The van der Waals surface area contributed by atoms with E-state index in [2.05, 4.69) is 0 Å². The van der Waals surface area contributed by atoms with Crippen LogP contribution in [-0.4, -0.2) is 15.3 Å². The number of para-hydroxylation sites is 1. The molecule has 5 nitrogen and oxygen atoms in total. The van der Waals surface area contributed by atoms with E-state index in [4.69, 9.17) is 4.42 Å². The van der Waals surface area contributed by atoms with Gasteiger partial charge in [-0.1, -0.05) is 6.07 Å². The summed E-state index contributed by atoms with van der Waals surface area (Å²) in [6.45, 7) is 0. The molecule has 0 amide bonds. The summed E-state index contributed by atoms with van der Waals surface area (Å²) >= 11 is 0. The topological polar surface area (TPSA) is 90.9 Å². The number of aromatic hydroxyl groups is 3. The van der Waals surface area contributed by atoms with Gasteiger partial charge in [0.25, 0.3) is 0 Å². The molecule has 3 rings (SSSR count). The molecule has 0 saturated heterocycles. The van der Waals surface area contributed by atoms with Gasteiger partial charge in [0.1, 0.15) is 5.76 Å². The molecule has 0 bridgehead atoms. The van der Waals surface area contributed by atoms with Crippen LogP contribution in [0.25, 0.3) is 22.3 Å². The Hall–Kier alpha value is -2.95. The summed E-state index contributed by atoms with van der Waals surface area (Å²) in [6, 6.07) is 9.87. The van der Waals surface area contributed by atoms with E-state index in [-0.39, 0.29) is 39.4 Å². The molecule has 0 unspecified atom stereocenters. The molecule has 20 heavy (non-hydrogen) atoms. The van der Waals surface area contributed by atoms with E-state index in [0.29, 0.717) is 5.56 Å². The first kappa shape index (κ1) is 12.1. The highest BCUT2D eigenvalue weighted by atomic mass is 16.4. The third-order valence-corrected chi connectivity index (χ3v) is 2.99. The average molecular weight is 270 g/mol. The predicted molar refractivity (Wildman–Crippen MR) is 72.9 cm³/mol. The number of fused-ring (bicyclic) bond motifs is 1. The molecule has 0 spiro atoms. The van der Waals surface area contributed by atoms with E-state index in [1.807, 2.05) is 0 Å². The van der Waals surface area contributed by atoms with Crippen LogP contribution in [0.5, 0.6) is 17.2 Å². The number of phenolic OH excluding ortho intramolecular Hbond substituents is 3. The molecule has 0 aliphatic heterocycles. The van der Waals surface area contributed by atoms with Crippen LogP contribution in [0.4, 0.5) is 0 Å². The van der Waals surface area contributed by atoms with Crippen molar-refractivity contribution in [3.8, 4) is 28.6 Å². The second-order valence-electron chi connectivity index (χ2n) is 4.33. The van der Waals surface area contributed by atoms with Gasteiger partial charge in [-0.2, -0.15) is 0 Å². The highest BCUT2D eigenvalue weighted by Gasteiger charge is 2.11. The summed E-state index contributed by atoms with van der Waals surface area (Å²) in [5.41, 5.74) is 0.204. The number of hydrogen-bond acceptors (Lipinski definition) is 5. The highest BCUT2D eigenvalue weighted by molar-refractivity contribution is 5.83. The van der Waals surface area contributed by atoms with Crippen LogP contribution >= 0.6 is 0 Å². The van der Waals surface area contributed by atoms with Crippen molar-refractivity contribution in [1.29, 1.82) is 0 Å². The fourth-order valence-electron chi connectivity index (χ4n) is 1.98. The maximum atomic E-state index is 12.0. The zero-order chi connectivity index (χ0) is 14.3. The molecule has 3 N–H and O–H groups in total. The molecule has 0 aliphatic rings. The number of phenols is 3. The minimum Gasteiger partial charge on any atom is -0.504 e. The van der Waals surface area contributed by atoms with Crippen molar-refractivity contribution in [3.05, 3.63) is 52.7 Å². The Morgan fingerprint density at radius 3 is 2.40 bits per heavy atom. The lowest BCUT2D eigenvalue weighted by atomic mass is 10.1. The largest absolute Gasteiger partial charge is 0.504 e. The molecule has 0 saturated carbocycles. The van der Waals surface area contributed by atoms with Gasteiger partial charge in [-0.05, 0) is 30.3 Å². The lowest BCUT2D eigenvalue weighted by molar-refractivity contribution is 0.404. The standard InChI is InChI=1S/C15H10O5/c16-10-5-4-8(6-13(10)19)14-7-12(18)9-2-1-3-11(17)15(9)20-14/h1-7,16-17,19H. The van der Waals surface area contributed by atoms with Gasteiger partial charge in [-0.3, -0.25) is 4.79 Å². The first-order valence-electron chi connectivity index (χ1n) is 5.84. The van der Waals surface area contributed by atoms with Crippen LogP contribution < -0.4 is 5.43 Å². The van der Waals surface area contributed by atoms with Crippen molar-refractivity contribution in [2.45, 2.75) is 0 Å². The van der Waals surface area contributed by atoms with E-state index in [0.717, 1.165) is 0 Å². The Kier molecular flexibility index (Phi) is 2.61. The van der Waals surface area contributed by atoms with Crippen molar-refractivity contribution in [2.24, 2.45) is 0 Å². The number of rotatable bonds is 1. The zero-order valence-corrected chi connectivity index (χ0v) is 10.2. The maximum Gasteiger partial charge on any atom is 0.193 e. The molecule has 1 heterocycles. The second-order valence-corrected chi connectivity index (χ2v) is 4.33. The molecule has 0 fully saturated rings. The predicted octanol–water partition coefficient (Wildman–Crippen LogP) is 2.58.